The van der Waals surface area contributed by atoms with Gasteiger partial charge in [-0.3, -0.25) is 4.83 Å². The first-order chi connectivity index (χ1) is 4.31. The van der Waals surface area contributed by atoms with Crippen LogP contribution in [0.25, 0.3) is 0 Å². The Balaban J connectivity index is 3.49. The first kappa shape index (κ1) is 8.10. The Kier molecular flexibility index (Phi) is 4.72. The average Bonchev–Trinajstić information content (AvgIpc) is 1.85. The molecule has 0 rings (SSSR count). The molecule has 0 aromatic carbocycles. The zero-order chi connectivity index (χ0) is 7.11. The van der Waals surface area contributed by atoms with Crippen molar-refractivity contribution in [2.24, 2.45) is 5.10 Å². The van der Waals surface area contributed by atoms with Crippen LogP contribution in [0.5, 0.6) is 0 Å². The summed E-state index contributed by atoms with van der Waals surface area (Å²) in [5.41, 5.74) is 0.659. The summed E-state index contributed by atoms with van der Waals surface area (Å²) in [6, 6.07) is 0. The van der Waals surface area contributed by atoms with Crippen molar-refractivity contribution in [2.75, 3.05) is 0 Å². The maximum absolute atomic E-state index is 3.62. The molecule has 0 radical (unpaired) electrons. The lowest BCUT2D eigenvalue weighted by molar-refractivity contribution is 1.10. The normalized spacial score (nSPS) is 9.00. The lowest BCUT2D eigenvalue weighted by Crippen LogP contribution is -2.04. The van der Waals surface area contributed by atoms with Gasteiger partial charge in [0, 0.05) is 0 Å². The fourth-order valence-corrected chi connectivity index (χ4v) is 0.333. The zero-order valence-corrected chi connectivity index (χ0v) is 5.86. The highest BCUT2D eigenvalue weighted by Gasteiger charge is 1.77. The molecule has 0 amide bonds. The van der Waals surface area contributed by atoms with E-state index < -0.39 is 0 Å². The predicted molar refractivity (Wildman–Crippen MR) is 43.1 cm³/mol. The van der Waals surface area contributed by atoms with Gasteiger partial charge in [0.1, 0.15) is 0 Å². The summed E-state index contributed by atoms with van der Waals surface area (Å²) in [4.78, 5) is 2.29. The van der Waals surface area contributed by atoms with Crippen molar-refractivity contribution >= 4 is 19.0 Å². The standard InChI is InChI=1S/C5H9N3S/c1-3-6-5(2)4-7-8-9/h3-4,6,8-9H,1-2H2/b7-4-. The van der Waals surface area contributed by atoms with E-state index in [1.54, 1.807) is 0 Å². The van der Waals surface area contributed by atoms with E-state index >= 15 is 0 Å². The highest BCUT2D eigenvalue weighted by Crippen LogP contribution is 1.75. The predicted octanol–water partition coefficient (Wildman–Crippen LogP) is 0.653. The number of hydrogen-bond acceptors (Lipinski definition) is 4. The maximum atomic E-state index is 3.62. The second-order valence-electron chi connectivity index (χ2n) is 1.23. The Labute approximate surface area is 60.1 Å². The van der Waals surface area contributed by atoms with Crippen molar-refractivity contribution in [3.05, 3.63) is 25.1 Å². The number of hydrazone groups is 1. The van der Waals surface area contributed by atoms with Gasteiger partial charge >= 0.3 is 0 Å². The second kappa shape index (κ2) is 5.24. The van der Waals surface area contributed by atoms with Crippen LogP contribution in [0.15, 0.2) is 30.2 Å². The van der Waals surface area contributed by atoms with Gasteiger partial charge in [0.15, 0.2) is 0 Å². The third-order valence-electron chi connectivity index (χ3n) is 0.566. The molecule has 0 aromatic rings. The first-order valence-corrected chi connectivity index (χ1v) is 2.74. The van der Waals surface area contributed by atoms with Gasteiger partial charge in [0.05, 0.1) is 11.9 Å². The number of nitrogens with one attached hydrogen (secondary N) is 2. The van der Waals surface area contributed by atoms with Crippen LogP contribution in [0.4, 0.5) is 0 Å². The summed E-state index contributed by atoms with van der Waals surface area (Å²) in [6.45, 7) is 7.01. The van der Waals surface area contributed by atoms with Crippen molar-refractivity contribution in [1.82, 2.24) is 10.1 Å². The summed E-state index contributed by atoms with van der Waals surface area (Å²) in [5.74, 6) is 0. The molecule has 4 heteroatoms. The van der Waals surface area contributed by atoms with Gasteiger partial charge < -0.3 is 5.32 Å². The van der Waals surface area contributed by atoms with Crippen LogP contribution in [0.1, 0.15) is 0 Å². The number of thiol groups is 1. The quantitative estimate of drug-likeness (QED) is 0.307. The molecule has 0 heterocycles. The third kappa shape index (κ3) is 4.96. The molecule has 0 saturated carbocycles. The van der Waals surface area contributed by atoms with Crippen molar-refractivity contribution in [3.63, 3.8) is 0 Å². The molecule has 0 aliphatic heterocycles. The Hall–Kier alpha value is -0.900. The molecule has 3 nitrogen and oxygen atoms in total. The Bertz CT molecular complexity index is 130. The van der Waals surface area contributed by atoms with Crippen molar-refractivity contribution in [1.29, 1.82) is 0 Å². The van der Waals surface area contributed by atoms with Gasteiger partial charge in [-0.25, -0.2) is 0 Å². The van der Waals surface area contributed by atoms with E-state index in [0.29, 0.717) is 5.70 Å². The molecule has 0 bridgehead atoms. The number of nitrogens with zero attached hydrogens (tertiary/aromatic N) is 1. The summed E-state index contributed by atoms with van der Waals surface area (Å²) in [7, 11) is 0. The molecular weight excluding hydrogens is 134 g/mol. The van der Waals surface area contributed by atoms with Gasteiger partial charge in [-0.05, 0) is 6.20 Å². The van der Waals surface area contributed by atoms with Gasteiger partial charge in [0.25, 0.3) is 0 Å². The molecule has 0 atom stereocenters. The van der Waals surface area contributed by atoms with E-state index in [-0.39, 0.29) is 0 Å². The number of allylic oxidation sites excluding steroid dienone is 1. The van der Waals surface area contributed by atoms with Crippen molar-refractivity contribution < 1.29 is 0 Å². The highest BCUT2D eigenvalue weighted by molar-refractivity contribution is 7.78. The molecule has 2 N–H and O–H groups in total. The molecule has 0 fully saturated rings. The Morgan fingerprint density at radius 3 is 2.78 bits per heavy atom. The van der Waals surface area contributed by atoms with E-state index in [0.717, 1.165) is 0 Å². The average molecular weight is 143 g/mol. The van der Waals surface area contributed by atoms with E-state index in [2.05, 4.69) is 41.2 Å². The molecular formula is C5H9N3S. The van der Waals surface area contributed by atoms with Crippen molar-refractivity contribution in [2.45, 2.75) is 0 Å². The van der Waals surface area contributed by atoms with Gasteiger partial charge in [-0.2, -0.15) is 5.10 Å². The van der Waals surface area contributed by atoms with Gasteiger partial charge in [-0.1, -0.05) is 26.0 Å². The van der Waals surface area contributed by atoms with E-state index in [1.165, 1.54) is 12.4 Å². The fraction of sp³-hybridized carbons (Fsp3) is 0. The minimum absolute atomic E-state index is 0.659. The topological polar surface area (TPSA) is 36.4 Å². The van der Waals surface area contributed by atoms with Crippen LogP contribution in [-0.2, 0) is 0 Å². The van der Waals surface area contributed by atoms with Crippen LogP contribution in [0, 0.1) is 0 Å². The Morgan fingerprint density at radius 1 is 1.67 bits per heavy atom. The van der Waals surface area contributed by atoms with E-state index in [1.807, 2.05) is 0 Å². The molecule has 0 saturated heterocycles. The summed E-state index contributed by atoms with van der Waals surface area (Å²) in [5, 5.41) is 6.30. The molecule has 50 valence electrons. The summed E-state index contributed by atoms with van der Waals surface area (Å²) in [6.07, 6.45) is 3.02. The van der Waals surface area contributed by atoms with Crippen LogP contribution < -0.4 is 10.1 Å². The van der Waals surface area contributed by atoms with E-state index in [9.17, 15) is 0 Å². The van der Waals surface area contributed by atoms with E-state index in [4.69, 9.17) is 0 Å². The lowest BCUT2D eigenvalue weighted by atomic mass is 10.5. The third-order valence-corrected chi connectivity index (χ3v) is 0.681. The van der Waals surface area contributed by atoms with Gasteiger partial charge in [0.2, 0.25) is 0 Å². The summed E-state index contributed by atoms with van der Waals surface area (Å²) >= 11 is 3.62. The Morgan fingerprint density at radius 2 is 2.33 bits per heavy atom. The largest absolute Gasteiger partial charge is 0.361 e. The molecule has 0 aliphatic carbocycles. The molecule has 0 aliphatic rings. The van der Waals surface area contributed by atoms with Crippen LogP contribution in [0.3, 0.4) is 0 Å². The lowest BCUT2D eigenvalue weighted by Gasteiger charge is -1.94. The van der Waals surface area contributed by atoms with Crippen molar-refractivity contribution in [3.8, 4) is 0 Å². The van der Waals surface area contributed by atoms with Crippen LogP contribution in [0.2, 0.25) is 0 Å². The zero-order valence-electron chi connectivity index (χ0n) is 4.96. The second-order valence-corrected chi connectivity index (χ2v) is 1.43. The summed E-state index contributed by atoms with van der Waals surface area (Å²) < 4.78 is 0. The minimum Gasteiger partial charge on any atom is -0.361 e. The monoisotopic (exact) mass is 143 g/mol. The maximum Gasteiger partial charge on any atom is 0.0706 e. The molecule has 0 spiro atoms. The molecule has 9 heavy (non-hydrogen) atoms. The molecule has 0 aromatic heterocycles. The number of rotatable bonds is 4. The fourth-order valence-electron chi connectivity index (χ4n) is 0.275. The van der Waals surface area contributed by atoms with Gasteiger partial charge in [-0.15, -0.1) is 0 Å². The highest BCUT2D eigenvalue weighted by atomic mass is 32.1. The minimum atomic E-state index is 0.659. The van der Waals surface area contributed by atoms with Crippen LogP contribution in [-0.4, -0.2) is 6.21 Å². The smallest absolute Gasteiger partial charge is 0.0706 e. The SMILES string of the molecule is C=CNC(=C)/C=N\NS. The first-order valence-electron chi connectivity index (χ1n) is 2.29. The van der Waals surface area contributed by atoms with Crippen LogP contribution >= 0.6 is 12.8 Å². The number of hydrogen-bond donors (Lipinski definition) is 3. The molecule has 0 unspecified atom stereocenters.